The van der Waals surface area contributed by atoms with Crippen LogP contribution in [0.3, 0.4) is 0 Å². The average Bonchev–Trinajstić information content (AvgIpc) is 2.35. The summed E-state index contributed by atoms with van der Waals surface area (Å²) in [5, 5.41) is 10.9. The lowest BCUT2D eigenvalue weighted by molar-refractivity contribution is -0.385. The number of benzene rings is 1. The van der Waals surface area contributed by atoms with Crippen LogP contribution in [0.2, 0.25) is 0 Å². The lowest BCUT2D eigenvalue weighted by Crippen LogP contribution is -2.18. The Morgan fingerprint density at radius 3 is 2.56 bits per heavy atom. The third-order valence-electron chi connectivity index (χ3n) is 3.04. The molecule has 0 aliphatic carbocycles. The van der Waals surface area contributed by atoms with E-state index in [1.807, 2.05) is 13.8 Å². The van der Waals surface area contributed by atoms with Crippen LogP contribution < -0.4 is 10.5 Å². The highest BCUT2D eigenvalue weighted by Gasteiger charge is 2.20. The first-order valence-corrected chi connectivity index (χ1v) is 5.59. The number of nitro groups is 1. The molecule has 1 aromatic rings. The summed E-state index contributed by atoms with van der Waals surface area (Å²) in [5.41, 5.74) is 6.78. The van der Waals surface area contributed by atoms with Gasteiger partial charge in [0.1, 0.15) is 0 Å². The van der Waals surface area contributed by atoms with Crippen molar-refractivity contribution in [2.45, 2.75) is 26.3 Å². The highest BCUT2D eigenvalue weighted by atomic mass is 35.5. The minimum atomic E-state index is -0.453. The quantitative estimate of drug-likeness (QED) is 0.661. The summed E-state index contributed by atoms with van der Waals surface area (Å²) in [6.07, 6.45) is 0.932. The molecule has 0 spiro atoms. The molecular formula is C12H19ClN2O3. The standard InChI is InChI=1S/C12H18N2O3.ClH/c1-4-8(2)12(13)9-5-6-11(17-3)10(7-9)14(15)16;/h5-8,12H,4,13H2,1-3H3;1H/t8?,12-;/m0./s1. The molecule has 1 aromatic carbocycles. The maximum absolute atomic E-state index is 10.9. The lowest BCUT2D eigenvalue weighted by Gasteiger charge is -2.18. The fourth-order valence-corrected chi connectivity index (χ4v) is 1.64. The fraction of sp³-hybridized carbons (Fsp3) is 0.500. The Balaban J connectivity index is 0.00000289. The van der Waals surface area contributed by atoms with E-state index in [4.69, 9.17) is 10.5 Å². The van der Waals surface area contributed by atoms with Gasteiger partial charge < -0.3 is 10.5 Å². The smallest absolute Gasteiger partial charge is 0.311 e. The Bertz CT molecular complexity index is 412. The van der Waals surface area contributed by atoms with Crippen LogP contribution in [0.1, 0.15) is 31.9 Å². The number of hydrogen-bond donors (Lipinski definition) is 1. The van der Waals surface area contributed by atoms with E-state index in [-0.39, 0.29) is 35.8 Å². The zero-order chi connectivity index (χ0) is 13.0. The van der Waals surface area contributed by atoms with Crippen LogP contribution in [0, 0.1) is 16.0 Å². The number of hydrogen-bond acceptors (Lipinski definition) is 4. The predicted molar refractivity (Wildman–Crippen MR) is 73.3 cm³/mol. The largest absolute Gasteiger partial charge is 0.490 e. The molecule has 0 radical (unpaired) electrons. The molecule has 0 aliphatic rings. The molecule has 1 rings (SSSR count). The first-order chi connectivity index (χ1) is 8.01. The Morgan fingerprint density at radius 1 is 1.50 bits per heavy atom. The highest BCUT2D eigenvalue weighted by Crippen LogP contribution is 2.31. The first kappa shape index (κ1) is 16.7. The molecule has 0 fully saturated rings. The van der Waals surface area contributed by atoms with E-state index in [2.05, 4.69) is 0 Å². The fourth-order valence-electron chi connectivity index (χ4n) is 1.64. The van der Waals surface area contributed by atoms with Crippen molar-refractivity contribution in [2.24, 2.45) is 11.7 Å². The molecule has 102 valence electrons. The van der Waals surface area contributed by atoms with Gasteiger partial charge in [-0.3, -0.25) is 10.1 Å². The van der Waals surface area contributed by atoms with Gasteiger partial charge in [-0.2, -0.15) is 0 Å². The van der Waals surface area contributed by atoms with Crippen LogP contribution in [0.4, 0.5) is 5.69 Å². The SMILES string of the molecule is CCC(C)[C@H](N)c1ccc(OC)c([N+](=O)[O-])c1.Cl. The molecule has 0 aliphatic heterocycles. The maximum Gasteiger partial charge on any atom is 0.311 e. The third kappa shape index (κ3) is 3.58. The average molecular weight is 275 g/mol. The number of halogens is 1. The van der Waals surface area contributed by atoms with Crippen LogP contribution in [0.15, 0.2) is 18.2 Å². The topological polar surface area (TPSA) is 78.4 Å². The van der Waals surface area contributed by atoms with Gasteiger partial charge in [-0.15, -0.1) is 12.4 Å². The van der Waals surface area contributed by atoms with Gasteiger partial charge in [0.25, 0.3) is 0 Å². The van der Waals surface area contributed by atoms with Gasteiger partial charge in [-0.1, -0.05) is 26.3 Å². The maximum atomic E-state index is 10.9. The summed E-state index contributed by atoms with van der Waals surface area (Å²) in [6, 6.07) is 4.68. The van der Waals surface area contributed by atoms with Gasteiger partial charge in [0.05, 0.1) is 12.0 Å². The van der Waals surface area contributed by atoms with Crippen LogP contribution in [0.25, 0.3) is 0 Å². The Kier molecular flexibility index (Phi) is 6.65. The van der Waals surface area contributed by atoms with Crippen molar-refractivity contribution in [1.29, 1.82) is 0 Å². The molecule has 18 heavy (non-hydrogen) atoms. The van der Waals surface area contributed by atoms with Gasteiger partial charge >= 0.3 is 5.69 Å². The third-order valence-corrected chi connectivity index (χ3v) is 3.04. The number of ether oxygens (including phenoxy) is 1. The van der Waals surface area contributed by atoms with Gasteiger partial charge in [-0.25, -0.2) is 0 Å². The molecule has 0 bridgehead atoms. The van der Waals surface area contributed by atoms with Crippen molar-refractivity contribution in [2.75, 3.05) is 7.11 Å². The van der Waals surface area contributed by atoms with Crippen molar-refractivity contribution >= 4 is 18.1 Å². The van der Waals surface area contributed by atoms with Crippen LogP contribution in [0.5, 0.6) is 5.75 Å². The summed E-state index contributed by atoms with van der Waals surface area (Å²) in [7, 11) is 1.41. The monoisotopic (exact) mass is 274 g/mol. The second-order valence-electron chi connectivity index (χ2n) is 4.10. The van der Waals surface area contributed by atoms with E-state index in [1.54, 1.807) is 12.1 Å². The van der Waals surface area contributed by atoms with Gasteiger partial charge in [0, 0.05) is 12.1 Å². The Hall–Kier alpha value is -1.33. The van der Waals surface area contributed by atoms with Crippen LogP contribution in [-0.2, 0) is 0 Å². The number of methoxy groups -OCH3 is 1. The van der Waals surface area contributed by atoms with E-state index in [0.29, 0.717) is 0 Å². The van der Waals surface area contributed by atoms with E-state index < -0.39 is 4.92 Å². The molecule has 2 N–H and O–H groups in total. The Labute approximate surface area is 113 Å². The zero-order valence-electron chi connectivity index (χ0n) is 10.8. The number of nitro benzene ring substituents is 1. The highest BCUT2D eigenvalue weighted by molar-refractivity contribution is 5.85. The first-order valence-electron chi connectivity index (χ1n) is 5.59. The molecule has 6 heteroatoms. The zero-order valence-corrected chi connectivity index (χ0v) is 11.6. The van der Waals surface area contributed by atoms with Crippen molar-refractivity contribution < 1.29 is 9.66 Å². The molecule has 0 saturated heterocycles. The summed E-state index contributed by atoms with van der Waals surface area (Å²) >= 11 is 0. The number of rotatable bonds is 5. The summed E-state index contributed by atoms with van der Waals surface area (Å²) in [6.45, 7) is 4.07. The second-order valence-corrected chi connectivity index (χ2v) is 4.10. The van der Waals surface area contributed by atoms with Crippen molar-refractivity contribution in [1.82, 2.24) is 0 Å². The van der Waals surface area contributed by atoms with Gasteiger partial charge in [0.15, 0.2) is 5.75 Å². The minimum Gasteiger partial charge on any atom is -0.490 e. The molecule has 0 saturated carbocycles. The van der Waals surface area contributed by atoms with Crippen molar-refractivity contribution in [3.63, 3.8) is 0 Å². The van der Waals surface area contributed by atoms with Gasteiger partial charge in [-0.05, 0) is 17.5 Å². The molecule has 0 aromatic heterocycles. The predicted octanol–water partition coefficient (Wildman–Crippen LogP) is 3.07. The van der Waals surface area contributed by atoms with Crippen molar-refractivity contribution in [3.05, 3.63) is 33.9 Å². The van der Waals surface area contributed by atoms with E-state index in [9.17, 15) is 10.1 Å². The lowest BCUT2D eigenvalue weighted by atomic mass is 9.93. The molecule has 1 unspecified atom stereocenters. The molecule has 2 atom stereocenters. The summed E-state index contributed by atoms with van der Waals surface area (Å²) < 4.78 is 4.95. The van der Waals surface area contributed by atoms with Crippen LogP contribution >= 0.6 is 12.4 Å². The number of nitrogens with two attached hydrogens (primary N) is 1. The van der Waals surface area contributed by atoms with E-state index in [0.717, 1.165) is 12.0 Å². The van der Waals surface area contributed by atoms with E-state index >= 15 is 0 Å². The second kappa shape index (κ2) is 7.18. The van der Waals surface area contributed by atoms with Gasteiger partial charge in [0.2, 0.25) is 0 Å². The van der Waals surface area contributed by atoms with Crippen molar-refractivity contribution in [3.8, 4) is 5.75 Å². The number of nitrogens with zero attached hydrogens (tertiary/aromatic N) is 1. The molecule has 0 heterocycles. The summed E-state index contributed by atoms with van der Waals surface area (Å²) in [5.74, 6) is 0.540. The summed E-state index contributed by atoms with van der Waals surface area (Å²) in [4.78, 5) is 10.4. The van der Waals surface area contributed by atoms with E-state index in [1.165, 1.54) is 13.2 Å². The molecular weight excluding hydrogens is 256 g/mol. The molecule has 5 nitrogen and oxygen atoms in total. The molecule has 0 amide bonds. The van der Waals surface area contributed by atoms with Crippen LogP contribution in [-0.4, -0.2) is 12.0 Å². The normalized spacial score (nSPS) is 13.3. The minimum absolute atomic E-state index is 0. The Morgan fingerprint density at radius 2 is 2.11 bits per heavy atom.